The molecule has 3 rings (SSSR count). The standard InChI is InChI=1S/C20H21FN2OS2/c1-4-23-17-11-13(2)14(3)12-18(17)26-20(23)22-19(24)9-10-25-16-7-5-15(21)6-8-16/h5-8,11-12H,4,9-10H2,1-3H3. The van der Waals surface area contributed by atoms with E-state index in [1.807, 2.05) is 0 Å². The van der Waals surface area contributed by atoms with E-state index < -0.39 is 0 Å². The van der Waals surface area contributed by atoms with E-state index in [2.05, 4.69) is 42.5 Å². The molecule has 0 aliphatic carbocycles. The van der Waals surface area contributed by atoms with E-state index in [0.717, 1.165) is 26.5 Å². The van der Waals surface area contributed by atoms with E-state index in [0.29, 0.717) is 12.2 Å². The van der Waals surface area contributed by atoms with Gasteiger partial charge in [0.05, 0.1) is 10.2 Å². The van der Waals surface area contributed by atoms with E-state index >= 15 is 0 Å². The highest BCUT2D eigenvalue weighted by Crippen LogP contribution is 2.22. The Morgan fingerprint density at radius 3 is 2.58 bits per heavy atom. The molecule has 0 N–H and O–H groups in total. The van der Waals surface area contributed by atoms with E-state index in [4.69, 9.17) is 0 Å². The van der Waals surface area contributed by atoms with Crippen LogP contribution in [-0.4, -0.2) is 16.2 Å². The SMILES string of the molecule is CCn1c(=NC(=O)CCSc2ccc(F)cc2)sc2cc(C)c(C)cc21. The van der Waals surface area contributed by atoms with Gasteiger partial charge in [-0.1, -0.05) is 11.3 Å². The Morgan fingerprint density at radius 1 is 1.19 bits per heavy atom. The molecule has 0 unspecified atom stereocenters. The third kappa shape index (κ3) is 4.24. The molecule has 0 saturated carbocycles. The van der Waals surface area contributed by atoms with E-state index in [-0.39, 0.29) is 11.7 Å². The van der Waals surface area contributed by atoms with Gasteiger partial charge in [0, 0.05) is 23.6 Å². The van der Waals surface area contributed by atoms with Gasteiger partial charge in [0.25, 0.3) is 0 Å². The van der Waals surface area contributed by atoms with Crippen LogP contribution in [-0.2, 0) is 11.3 Å². The van der Waals surface area contributed by atoms with Gasteiger partial charge in [-0.3, -0.25) is 4.79 Å². The highest BCUT2D eigenvalue weighted by Gasteiger charge is 2.09. The Labute approximate surface area is 160 Å². The molecule has 3 aromatic rings. The summed E-state index contributed by atoms with van der Waals surface area (Å²) < 4.78 is 16.2. The van der Waals surface area contributed by atoms with Crippen molar-refractivity contribution in [3.8, 4) is 0 Å². The number of amides is 1. The monoisotopic (exact) mass is 388 g/mol. The summed E-state index contributed by atoms with van der Waals surface area (Å²) in [5, 5.41) is 0. The smallest absolute Gasteiger partial charge is 0.249 e. The molecule has 1 amide bonds. The average molecular weight is 389 g/mol. The van der Waals surface area contributed by atoms with Crippen molar-refractivity contribution in [1.82, 2.24) is 4.57 Å². The second-order valence-corrected chi connectivity index (χ2v) is 8.27. The first-order valence-electron chi connectivity index (χ1n) is 8.54. The minimum absolute atomic E-state index is 0.123. The average Bonchev–Trinajstić information content (AvgIpc) is 2.93. The Kier molecular flexibility index (Phi) is 5.94. The van der Waals surface area contributed by atoms with Crippen LogP contribution in [0.3, 0.4) is 0 Å². The quantitative estimate of drug-likeness (QED) is 0.571. The number of hydrogen-bond donors (Lipinski definition) is 0. The lowest BCUT2D eigenvalue weighted by atomic mass is 10.1. The summed E-state index contributed by atoms with van der Waals surface area (Å²) in [6.07, 6.45) is 0.359. The fourth-order valence-corrected chi connectivity index (χ4v) is 4.69. The van der Waals surface area contributed by atoms with Gasteiger partial charge in [-0.15, -0.1) is 11.8 Å². The molecule has 0 radical (unpaired) electrons. The number of rotatable bonds is 5. The van der Waals surface area contributed by atoms with Gasteiger partial charge in [-0.2, -0.15) is 4.99 Å². The lowest BCUT2D eigenvalue weighted by Crippen LogP contribution is -2.16. The van der Waals surface area contributed by atoms with Crippen molar-refractivity contribution in [2.24, 2.45) is 4.99 Å². The van der Waals surface area contributed by atoms with Crippen LogP contribution < -0.4 is 4.80 Å². The number of carbonyl (C=O) groups is 1. The number of fused-ring (bicyclic) bond motifs is 1. The summed E-state index contributed by atoms with van der Waals surface area (Å²) in [4.78, 5) is 18.3. The summed E-state index contributed by atoms with van der Waals surface area (Å²) in [5.41, 5.74) is 3.62. The molecule has 2 aromatic carbocycles. The summed E-state index contributed by atoms with van der Waals surface area (Å²) in [7, 11) is 0. The van der Waals surface area contributed by atoms with Crippen LogP contribution in [0.15, 0.2) is 46.3 Å². The van der Waals surface area contributed by atoms with Crippen molar-refractivity contribution in [2.45, 2.75) is 38.6 Å². The maximum atomic E-state index is 12.9. The minimum atomic E-state index is -0.250. The third-order valence-electron chi connectivity index (χ3n) is 4.23. The van der Waals surface area contributed by atoms with Crippen LogP contribution >= 0.6 is 23.1 Å². The number of hydrogen-bond acceptors (Lipinski definition) is 3. The maximum absolute atomic E-state index is 12.9. The molecule has 1 heterocycles. The highest BCUT2D eigenvalue weighted by atomic mass is 32.2. The Bertz CT molecular complexity index is 1000. The molecule has 1 aromatic heterocycles. The minimum Gasteiger partial charge on any atom is -0.317 e. The molecule has 3 nitrogen and oxygen atoms in total. The number of nitrogens with zero attached hydrogens (tertiary/aromatic N) is 2. The van der Waals surface area contributed by atoms with Gasteiger partial charge < -0.3 is 4.57 Å². The first-order valence-corrected chi connectivity index (χ1v) is 10.3. The molecule has 0 fully saturated rings. The van der Waals surface area contributed by atoms with E-state index in [9.17, 15) is 9.18 Å². The molecule has 6 heteroatoms. The lowest BCUT2D eigenvalue weighted by molar-refractivity contribution is -0.117. The topological polar surface area (TPSA) is 34.4 Å². The van der Waals surface area contributed by atoms with Gasteiger partial charge in [0.2, 0.25) is 5.91 Å². The predicted molar refractivity (Wildman–Crippen MR) is 107 cm³/mol. The molecule has 0 aliphatic heterocycles. The number of carbonyl (C=O) groups excluding carboxylic acids is 1. The normalized spacial score (nSPS) is 12.1. The Balaban J connectivity index is 1.76. The van der Waals surface area contributed by atoms with E-state index in [1.165, 1.54) is 35.0 Å². The van der Waals surface area contributed by atoms with Crippen molar-refractivity contribution in [3.63, 3.8) is 0 Å². The van der Waals surface area contributed by atoms with Crippen molar-refractivity contribution in [1.29, 1.82) is 0 Å². The van der Waals surface area contributed by atoms with Crippen molar-refractivity contribution < 1.29 is 9.18 Å². The molecule has 0 bridgehead atoms. The van der Waals surface area contributed by atoms with Crippen LogP contribution in [0.4, 0.5) is 4.39 Å². The predicted octanol–water partition coefficient (Wildman–Crippen LogP) is 5.09. The second-order valence-electron chi connectivity index (χ2n) is 6.09. The molecular formula is C20H21FN2OS2. The molecule has 0 atom stereocenters. The number of aryl methyl sites for hydroxylation is 3. The first-order chi connectivity index (χ1) is 12.5. The summed E-state index contributed by atoms with van der Waals surface area (Å²) in [5.74, 6) is 0.255. The fraction of sp³-hybridized carbons (Fsp3) is 0.300. The zero-order valence-electron chi connectivity index (χ0n) is 15.1. The van der Waals surface area contributed by atoms with Gasteiger partial charge in [0.15, 0.2) is 4.80 Å². The van der Waals surface area contributed by atoms with Crippen molar-refractivity contribution in [3.05, 3.63) is 58.1 Å². The van der Waals surface area contributed by atoms with Crippen LogP contribution in [0.2, 0.25) is 0 Å². The molecule has 0 saturated heterocycles. The summed E-state index contributed by atoms with van der Waals surface area (Å²) >= 11 is 3.09. The van der Waals surface area contributed by atoms with E-state index in [1.54, 1.807) is 23.5 Å². The molecule has 0 aliphatic rings. The zero-order chi connectivity index (χ0) is 18.7. The Hall–Kier alpha value is -1.92. The largest absolute Gasteiger partial charge is 0.317 e. The highest BCUT2D eigenvalue weighted by molar-refractivity contribution is 7.99. The van der Waals surface area contributed by atoms with Gasteiger partial charge >= 0.3 is 0 Å². The second kappa shape index (κ2) is 8.18. The number of benzene rings is 2. The summed E-state index contributed by atoms with van der Waals surface area (Å²) in [6.45, 7) is 7.04. The number of thiazole rings is 1. The zero-order valence-corrected chi connectivity index (χ0v) is 16.7. The number of halogens is 1. The molecule has 136 valence electrons. The first kappa shape index (κ1) is 18.9. The fourth-order valence-electron chi connectivity index (χ4n) is 2.66. The van der Waals surface area contributed by atoms with Gasteiger partial charge in [0.1, 0.15) is 5.82 Å². The lowest BCUT2D eigenvalue weighted by Gasteiger charge is -2.03. The Morgan fingerprint density at radius 2 is 1.88 bits per heavy atom. The molecular weight excluding hydrogens is 367 g/mol. The summed E-state index contributed by atoms with van der Waals surface area (Å²) in [6, 6.07) is 10.6. The molecule has 26 heavy (non-hydrogen) atoms. The number of aromatic nitrogens is 1. The van der Waals surface area contributed by atoms with Crippen molar-refractivity contribution >= 4 is 39.2 Å². The van der Waals surface area contributed by atoms with Crippen LogP contribution in [0.5, 0.6) is 0 Å². The van der Waals surface area contributed by atoms with Gasteiger partial charge in [-0.25, -0.2) is 4.39 Å². The molecule has 0 spiro atoms. The van der Waals surface area contributed by atoms with Crippen LogP contribution in [0, 0.1) is 19.7 Å². The number of thioether (sulfide) groups is 1. The van der Waals surface area contributed by atoms with Crippen LogP contribution in [0.25, 0.3) is 10.2 Å². The van der Waals surface area contributed by atoms with Gasteiger partial charge in [-0.05, 0) is 68.3 Å². The van der Waals surface area contributed by atoms with Crippen LogP contribution in [0.1, 0.15) is 24.5 Å². The maximum Gasteiger partial charge on any atom is 0.249 e. The van der Waals surface area contributed by atoms with Crippen molar-refractivity contribution in [2.75, 3.05) is 5.75 Å². The third-order valence-corrected chi connectivity index (χ3v) is 6.29.